The second-order valence-electron chi connectivity index (χ2n) is 8.29. The summed E-state index contributed by atoms with van der Waals surface area (Å²) in [5, 5.41) is 0. The molecule has 3 aliphatic rings. The maximum atomic E-state index is 12.6. The topological polar surface area (TPSA) is 59.8 Å². The second kappa shape index (κ2) is 8.29. The second-order valence-corrected chi connectivity index (χ2v) is 8.29. The Balaban J connectivity index is 1.21. The van der Waals surface area contributed by atoms with Crippen LogP contribution in [0.1, 0.15) is 31.5 Å². The minimum Gasteiger partial charge on any atom is -0.461 e. The van der Waals surface area contributed by atoms with Gasteiger partial charge in [0.1, 0.15) is 11.9 Å². The van der Waals surface area contributed by atoms with Crippen LogP contribution in [0.3, 0.4) is 0 Å². The first-order valence-corrected chi connectivity index (χ1v) is 10.4. The van der Waals surface area contributed by atoms with E-state index in [9.17, 15) is 4.79 Å². The lowest BCUT2D eigenvalue weighted by atomic mass is 9.76. The number of hydrogen-bond acceptors (Lipinski definition) is 6. The Bertz CT molecular complexity index is 633. The molecule has 3 fully saturated rings. The van der Waals surface area contributed by atoms with Crippen molar-refractivity contribution in [3.05, 3.63) is 18.2 Å². The van der Waals surface area contributed by atoms with Crippen LogP contribution < -0.4 is 0 Å². The van der Waals surface area contributed by atoms with Crippen LogP contribution in [0.4, 0.5) is 0 Å². The van der Waals surface area contributed by atoms with Crippen LogP contribution in [0, 0.1) is 12.3 Å². The quantitative estimate of drug-likeness (QED) is 0.698. The Labute approximate surface area is 161 Å². The number of carbonyl (C=O) groups excluding carboxylic acids is 1. The van der Waals surface area contributed by atoms with Crippen molar-refractivity contribution in [2.75, 3.05) is 52.5 Å². The molecule has 150 valence electrons. The van der Waals surface area contributed by atoms with Crippen molar-refractivity contribution in [3.8, 4) is 0 Å². The van der Waals surface area contributed by atoms with Gasteiger partial charge in [0.25, 0.3) is 0 Å². The van der Waals surface area contributed by atoms with Gasteiger partial charge in [0.2, 0.25) is 0 Å². The highest BCUT2D eigenvalue weighted by atomic mass is 16.6. The highest BCUT2D eigenvalue weighted by Crippen LogP contribution is 2.43. The highest BCUT2D eigenvalue weighted by molar-refractivity contribution is 5.79. The SMILES string of the molecule is Cc1nccn1CCCN1CCC2(CC1)CC(CN1CCOCC1)OC2=O. The average molecular weight is 377 g/mol. The van der Waals surface area contributed by atoms with E-state index in [0.717, 1.165) is 90.5 Å². The Hall–Kier alpha value is -1.44. The summed E-state index contributed by atoms with van der Waals surface area (Å²) in [6, 6.07) is 0. The van der Waals surface area contributed by atoms with Crippen molar-refractivity contribution in [2.24, 2.45) is 5.41 Å². The minimum atomic E-state index is -0.228. The number of morpholine rings is 1. The summed E-state index contributed by atoms with van der Waals surface area (Å²) < 4.78 is 13.4. The number of rotatable bonds is 6. The predicted molar refractivity (Wildman–Crippen MR) is 101 cm³/mol. The number of piperidine rings is 1. The maximum absolute atomic E-state index is 12.6. The molecule has 3 aliphatic heterocycles. The number of cyclic esters (lactones) is 1. The molecule has 1 unspecified atom stereocenters. The van der Waals surface area contributed by atoms with Gasteiger partial charge in [-0.1, -0.05) is 0 Å². The summed E-state index contributed by atoms with van der Waals surface area (Å²) in [4.78, 5) is 21.8. The van der Waals surface area contributed by atoms with E-state index in [4.69, 9.17) is 9.47 Å². The molecule has 0 saturated carbocycles. The number of likely N-dealkylation sites (tertiary alicyclic amines) is 1. The maximum Gasteiger partial charge on any atom is 0.312 e. The normalized spacial score (nSPS) is 26.6. The molecule has 4 rings (SSSR count). The van der Waals surface area contributed by atoms with Crippen LogP contribution in [0.5, 0.6) is 0 Å². The molecule has 7 nitrogen and oxygen atoms in total. The van der Waals surface area contributed by atoms with Gasteiger partial charge in [-0.05, 0) is 45.8 Å². The molecule has 4 heterocycles. The zero-order chi connectivity index (χ0) is 18.7. The molecule has 1 spiro atoms. The molecule has 0 radical (unpaired) electrons. The molecule has 0 amide bonds. The van der Waals surface area contributed by atoms with Gasteiger partial charge in [0.15, 0.2) is 0 Å². The number of aromatic nitrogens is 2. The predicted octanol–water partition coefficient (Wildman–Crippen LogP) is 1.31. The lowest BCUT2D eigenvalue weighted by molar-refractivity contribution is -0.151. The molecule has 1 atom stereocenters. The number of nitrogens with zero attached hydrogens (tertiary/aromatic N) is 4. The fraction of sp³-hybridized carbons (Fsp3) is 0.800. The molecule has 3 saturated heterocycles. The van der Waals surface area contributed by atoms with Crippen molar-refractivity contribution in [3.63, 3.8) is 0 Å². The van der Waals surface area contributed by atoms with E-state index in [1.54, 1.807) is 0 Å². The van der Waals surface area contributed by atoms with E-state index >= 15 is 0 Å². The number of ether oxygens (including phenoxy) is 2. The molecule has 0 aromatic carbocycles. The number of imidazole rings is 1. The Morgan fingerprint density at radius 1 is 1.15 bits per heavy atom. The van der Waals surface area contributed by atoms with Gasteiger partial charge in [-0.3, -0.25) is 9.69 Å². The van der Waals surface area contributed by atoms with Gasteiger partial charge in [-0.2, -0.15) is 0 Å². The zero-order valence-electron chi connectivity index (χ0n) is 16.4. The number of esters is 1. The zero-order valence-corrected chi connectivity index (χ0v) is 16.4. The van der Waals surface area contributed by atoms with Gasteiger partial charge in [-0.25, -0.2) is 4.98 Å². The van der Waals surface area contributed by atoms with E-state index in [1.807, 2.05) is 19.3 Å². The summed E-state index contributed by atoms with van der Waals surface area (Å²) in [6.07, 6.45) is 7.86. The molecule has 0 aliphatic carbocycles. The van der Waals surface area contributed by atoms with Crippen molar-refractivity contribution in [1.29, 1.82) is 0 Å². The summed E-state index contributed by atoms with van der Waals surface area (Å²) in [5.74, 6) is 1.13. The monoisotopic (exact) mass is 376 g/mol. The first kappa shape index (κ1) is 18.9. The van der Waals surface area contributed by atoms with E-state index in [0.29, 0.717) is 0 Å². The molecule has 1 aromatic rings. The van der Waals surface area contributed by atoms with Gasteiger partial charge in [0.05, 0.1) is 18.6 Å². The van der Waals surface area contributed by atoms with E-state index in [-0.39, 0.29) is 17.5 Å². The third-order valence-corrected chi connectivity index (χ3v) is 6.50. The molecular weight excluding hydrogens is 344 g/mol. The third-order valence-electron chi connectivity index (χ3n) is 6.50. The summed E-state index contributed by atoms with van der Waals surface area (Å²) in [7, 11) is 0. The molecular formula is C20H32N4O3. The Kier molecular flexibility index (Phi) is 5.80. The molecule has 0 N–H and O–H groups in total. The van der Waals surface area contributed by atoms with Gasteiger partial charge in [0, 0.05) is 45.0 Å². The number of hydrogen-bond donors (Lipinski definition) is 0. The average Bonchev–Trinajstić information content (AvgIpc) is 3.21. The van der Waals surface area contributed by atoms with Gasteiger partial charge < -0.3 is 18.9 Å². The van der Waals surface area contributed by atoms with Crippen molar-refractivity contribution >= 4 is 5.97 Å². The minimum absolute atomic E-state index is 0.0504. The highest BCUT2D eigenvalue weighted by Gasteiger charge is 2.50. The smallest absolute Gasteiger partial charge is 0.312 e. The Morgan fingerprint density at radius 3 is 2.63 bits per heavy atom. The van der Waals surface area contributed by atoms with Crippen LogP contribution in [0.15, 0.2) is 12.4 Å². The fourth-order valence-electron chi connectivity index (χ4n) is 4.73. The van der Waals surface area contributed by atoms with E-state index in [2.05, 4.69) is 19.4 Å². The van der Waals surface area contributed by atoms with E-state index < -0.39 is 0 Å². The summed E-state index contributed by atoms with van der Waals surface area (Å²) >= 11 is 0. The Morgan fingerprint density at radius 2 is 1.93 bits per heavy atom. The lowest BCUT2D eigenvalue weighted by Gasteiger charge is -2.36. The first-order valence-electron chi connectivity index (χ1n) is 10.4. The van der Waals surface area contributed by atoms with Crippen molar-refractivity contribution in [1.82, 2.24) is 19.4 Å². The third kappa shape index (κ3) is 4.36. The van der Waals surface area contributed by atoms with Crippen molar-refractivity contribution in [2.45, 2.75) is 45.3 Å². The standard InChI is InChI=1S/C20H32N4O3/c1-17-21-5-10-24(17)7-2-6-22-8-3-20(4-9-22)15-18(27-19(20)25)16-23-11-13-26-14-12-23/h5,10,18H,2-4,6-9,11-16H2,1H3. The molecule has 1 aromatic heterocycles. The van der Waals surface area contributed by atoms with Crippen LogP contribution >= 0.6 is 0 Å². The summed E-state index contributed by atoms with van der Waals surface area (Å²) in [5.41, 5.74) is -0.228. The van der Waals surface area contributed by atoms with Gasteiger partial charge in [-0.15, -0.1) is 0 Å². The summed E-state index contributed by atoms with van der Waals surface area (Å²) in [6.45, 7) is 10.5. The van der Waals surface area contributed by atoms with Crippen LogP contribution in [0.2, 0.25) is 0 Å². The van der Waals surface area contributed by atoms with Crippen LogP contribution in [0.25, 0.3) is 0 Å². The number of carbonyl (C=O) groups is 1. The molecule has 0 bridgehead atoms. The van der Waals surface area contributed by atoms with Crippen molar-refractivity contribution < 1.29 is 14.3 Å². The fourth-order valence-corrected chi connectivity index (χ4v) is 4.73. The first-order chi connectivity index (χ1) is 13.1. The van der Waals surface area contributed by atoms with Crippen LogP contribution in [-0.4, -0.2) is 83.9 Å². The largest absolute Gasteiger partial charge is 0.461 e. The molecule has 27 heavy (non-hydrogen) atoms. The number of aryl methyl sites for hydroxylation is 2. The lowest BCUT2D eigenvalue weighted by Crippen LogP contribution is -2.43. The van der Waals surface area contributed by atoms with Gasteiger partial charge >= 0.3 is 5.97 Å². The van der Waals surface area contributed by atoms with E-state index in [1.165, 1.54) is 0 Å². The molecule has 7 heteroatoms. The van der Waals surface area contributed by atoms with Crippen LogP contribution in [-0.2, 0) is 20.8 Å².